The Morgan fingerprint density at radius 2 is 1.50 bits per heavy atom. The summed E-state index contributed by atoms with van der Waals surface area (Å²) in [5.41, 5.74) is 1.70. The van der Waals surface area contributed by atoms with Crippen molar-refractivity contribution in [3.05, 3.63) is 66.2 Å². The first-order valence-electron chi connectivity index (χ1n) is 5.89. The molecule has 1 radical (unpaired) electrons. The third kappa shape index (κ3) is 6.58. The van der Waals surface area contributed by atoms with Crippen LogP contribution in [0.5, 0.6) is 0 Å². The maximum Gasteiger partial charge on any atom is 0.482 e. The summed E-state index contributed by atoms with van der Waals surface area (Å²) in [6.07, 6.45) is -0.444. The van der Waals surface area contributed by atoms with Crippen molar-refractivity contribution in [2.24, 2.45) is 0 Å². The van der Waals surface area contributed by atoms with E-state index in [1.54, 1.807) is 0 Å². The fourth-order valence-corrected chi connectivity index (χ4v) is 1.40. The average Bonchev–Trinajstić information content (AvgIpc) is 2.48. The molecule has 2 aromatic rings. The van der Waals surface area contributed by atoms with E-state index in [1.165, 1.54) is 0 Å². The summed E-state index contributed by atoms with van der Waals surface area (Å²) in [6.45, 7) is 0.277. The highest BCUT2D eigenvalue weighted by atomic mass is 16.5. The molecular formula is C14H15BNO4. The van der Waals surface area contributed by atoms with Gasteiger partial charge in [-0.3, -0.25) is 5.32 Å². The van der Waals surface area contributed by atoms with Crippen molar-refractivity contribution in [2.75, 3.05) is 5.32 Å². The summed E-state index contributed by atoms with van der Waals surface area (Å²) in [5, 5.41) is 16.7. The molecule has 103 valence electrons. The predicted molar refractivity (Wildman–Crippen MR) is 76.9 cm³/mol. The molecule has 0 aliphatic carbocycles. The van der Waals surface area contributed by atoms with Crippen molar-refractivity contribution in [3.8, 4) is 0 Å². The van der Waals surface area contributed by atoms with E-state index >= 15 is 0 Å². The molecule has 0 bridgehead atoms. The van der Waals surface area contributed by atoms with Crippen LogP contribution in [0.3, 0.4) is 0 Å². The molecule has 20 heavy (non-hydrogen) atoms. The van der Waals surface area contributed by atoms with Gasteiger partial charge in [0.05, 0.1) is 0 Å². The molecule has 0 fully saturated rings. The maximum absolute atomic E-state index is 11.5. The summed E-state index contributed by atoms with van der Waals surface area (Å²) in [5.74, 6) is 0. The second-order valence-corrected chi connectivity index (χ2v) is 3.67. The van der Waals surface area contributed by atoms with Crippen LogP contribution in [0.25, 0.3) is 0 Å². The number of carbonyl (C=O) groups excluding carboxylic acids is 1. The summed E-state index contributed by atoms with van der Waals surface area (Å²) in [4.78, 5) is 11.5. The smallest absolute Gasteiger partial charge is 0.444 e. The predicted octanol–water partition coefficient (Wildman–Crippen LogP) is 1.94. The van der Waals surface area contributed by atoms with Gasteiger partial charge in [-0.1, -0.05) is 48.5 Å². The Bertz CT molecular complexity index is 493. The number of hydrogen-bond acceptors (Lipinski definition) is 4. The molecule has 2 aromatic carbocycles. The van der Waals surface area contributed by atoms with E-state index in [0.717, 1.165) is 11.3 Å². The number of benzene rings is 2. The van der Waals surface area contributed by atoms with Crippen LogP contribution < -0.4 is 5.32 Å². The third-order valence-electron chi connectivity index (χ3n) is 2.23. The quantitative estimate of drug-likeness (QED) is 0.746. The Kier molecular flexibility index (Phi) is 7.56. The zero-order chi connectivity index (χ0) is 14.6. The fraction of sp³-hybridized carbons (Fsp3) is 0.0714. The molecule has 0 unspecified atom stereocenters. The van der Waals surface area contributed by atoms with Crippen LogP contribution in [-0.4, -0.2) is 23.8 Å². The fourth-order valence-electron chi connectivity index (χ4n) is 1.40. The minimum Gasteiger partial charge on any atom is -0.444 e. The van der Waals surface area contributed by atoms with E-state index in [4.69, 9.17) is 14.8 Å². The highest BCUT2D eigenvalue weighted by Crippen LogP contribution is 2.06. The highest BCUT2D eigenvalue weighted by molar-refractivity contribution is 6.13. The highest BCUT2D eigenvalue weighted by Gasteiger charge is 2.02. The summed E-state index contributed by atoms with van der Waals surface area (Å²) in [7, 11) is 0. The van der Waals surface area contributed by atoms with Gasteiger partial charge in [0.1, 0.15) is 6.61 Å². The lowest BCUT2D eigenvalue weighted by Crippen LogP contribution is -2.13. The van der Waals surface area contributed by atoms with Gasteiger partial charge >= 0.3 is 13.8 Å². The Hall–Kier alpha value is -2.31. The monoisotopic (exact) mass is 272 g/mol. The largest absolute Gasteiger partial charge is 0.482 e. The lowest BCUT2D eigenvalue weighted by atomic mass is 10.2. The second-order valence-electron chi connectivity index (χ2n) is 3.67. The molecule has 2 rings (SSSR count). The number of carbonyl (C=O) groups is 1. The molecule has 1 amide bonds. The minimum absolute atomic E-state index is 0. The zero-order valence-electron chi connectivity index (χ0n) is 10.8. The van der Waals surface area contributed by atoms with Crippen LogP contribution >= 0.6 is 0 Å². The second kappa shape index (κ2) is 9.60. The van der Waals surface area contributed by atoms with Crippen LogP contribution in [0.15, 0.2) is 60.7 Å². The van der Waals surface area contributed by atoms with Crippen molar-refractivity contribution in [2.45, 2.75) is 6.61 Å². The number of para-hydroxylation sites is 1. The Morgan fingerprint density at radius 3 is 2.05 bits per heavy atom. The average molecular weight is 272 g/mol. The number of nitrogens with one attached hydrogen (secondary N) is 1. The van der Waals surface area contributed by atoms with Crippen molar-refractivity contribution in [1.29, 1.82) is 0 Å². The molecule has 0 aromatic heterocycles. The normalized spacial score (nSPS) is 8.90. The van der Waals surface area contributed by atoms with Gasteiger partial charge in [-0.2, -0.15) is 0 Å². The van der Waals surface area contributed by atoms with Gasteiger partial charge in [0.25, 0.3) is 0 Å². The van der Waals surface area contributed by atoms with Gasteiger partial charge < -0.3 is 14.8 Å². The van der Waals surface area contributed by atoms with Crippen molar-refractivity contribution < 1.29 is 19.6 Å². The van der Waals surface area contributed by atoms with Crippen LogP contribution in [-0.2, 0) is 11.3 Å². The number of rotatable bonds is 3. The van der Waals surface area contributed by atoms with E-state index < -0.39 is 6.09 Å². The van der Waals surface area contributed by atoms with Gasteiger partial charge in [0.2, 0.25) is 0 Å². The minimum atomic E-state index is -0.444. The zero-order valence-corrected chi connectivity index (χ0v) is 10.8. The molecule has 0 aliphatic heterocycles. The summed E-state index contributed by atoms with van der Waals surface area (Å²) < 4.78 is 5.08. The van der Waals surface area contributed by atoms with Crippen LogP contribution in [0, 0.1) is 0 Å². The van der Waals surface area contributed by atoms with Crippen molar-refractivity contribution in [1.82, 2.24) is 0 Å². The molecular weight excluding hydrogens is 257 g/mol. The lowest BCUT2D eigenvalue weighted by molar-refractivity contribution is 0.155. The summed E-state index contributed by atoms with van der Waals surface area (Å²) in [6, 6.07) is 18.8. The molecule has 3 N–H and O–H groups in total. The lowest BCUT2D eigenvalue weighted by Gasteiger charge is -2.06. The number of anilines is 1. The topological polar surface area (TPSA) is 78.8 Å². The van der Waals surface area contributed by atoms with Gasteiger partial charge in [0.15, 0.2) is 0 Å². The molecule has 6 heteroatoms. The van der Waals surface area contributed by atoms with Gasteiger partial charge in [-0.05, 0) is 17.7 Å². The van der Waals surface area contributed by atoms with Gasteiger partial charge in [-0.15, -0.1) is 0 Å². The van der Waals surface area contributed by atoms with E-state index in [9.17, 15) is 4.79 Å². The van der Waals surface area contributed by atoms with Crippen molar-refractivity contribution in [3.63, 3.8) is 0 Å². The van der Waals surface area contributed by atoms with E-state index in [-0.39, 0.29) is 14.3 Å². The standard InChI is InChI=1S/C14H13NO2.BH2O2/c16-14(15-13-9-5-2-6-10-13)17-11-12-7-3-1-4-8-12;2-1-3/h1-10H,11H2,(H,15,16);2-3H. The molecule has 0 spiro atoms. The molecule has 0 aliphatic rings. The summed E-state index contributed by atoms with van der Waals surface area (Å²) >= 11 is 0. The van der Waals surface area contributed by atoms with Gasteiger partial charge in [0, 0.05) is 5.69 Å². The number of ether oxygens (including phenoxy) is 1. The Labute approximate surface area is 118 Å². The molecule has 0 atom stereocenters. The van der Waals surface area contributed by atoms with Crippen LogP contribution in [0.2, 0.25) is 0 Å². The Balaban J connectivity index is 0.000000612. The van der Waals surface area contributed by atoms with E-state index in [1.807, 2.05) is 60.7 Å². The SMILES string of the molecule is O=C(Nc1ccccc1)OCc1ccccc1.O[B]O. The molecule has 5 nitrogen and oxygen atoms in total. The maximum atomic E-state index is 11.5. The van der Waals surface area contributed by atoms with Crippen LogP contribution in [0.1, 0.15) is 5.56 Å². The number of amides is 1. The molecule has 0 saturated heterocycles. The first-order chi connectivity index (χ1) is 9.76. The van der Waals surface area contributed by atoms with Gasteiger partial charge in [-0.25, -0.2) is 4.79 Å². The first-order valence-corrected chi connectivity index (χ1v) is 5.89. The van der Waals surface area contributed by atoms with Crippen molar-refractivity contribution >= 4 is 19.5 Å². The molecule has 0 saturated carbocycles. The molecule has 0 heterocycles. The Morgan fingerprint density at radius 1 is 1.00 bits per heavy atom. The number of hydrogen-bond donors (Lipinski definition) is 3. The third-order valence-corrected chi connectivity index (χ3v) is 2.23. The van der Waals surface area contributed by atoms with Crippen LogP contribution in [0.4, 0.5) is 10.5 Å². The first kappa shape index (κ1) is 15.8. The van der Waals surface area contributed by atoms with E-state index in [2.05, 4.69) is 5.32 Å². The van der Waals surface area contributed by atoms with E-state index in [0.29, 0.717) is 0 Å².